The predicted molar refractivity (Wildman–Crippen MR) is 68.6 cm³/mol. The summed E-state index contributed by atoms with van der Waals surface area (Å²) in [6.07, 6.45) is -4.42. The van der Waals surface area contributed by atoms with Crippen LogP contribution >= 0.6 is 0 Å². The molecule has 5 heteroatoms. The molecule has 2 rings (SSSR count). The molecule has 0 aliphatic rings. The van der Waals surface area contributed by atoms with Crippen molar-refractivity contribution in [1.29, 1.82) is 0 Å². The summed E-state index contributed by atoms with van der Waals surface area (Å²) in [6.45, 7) is 1.61. The highest BCUT2D eigenvalue weighted by Crippen LogP contribution is 2.31. The Morgan fingerprint density at radius 3 is 2.25 bits per heavy atom. The second-order valence-electron chi connectivity index (χ2n) is 4.61. The van der Waals surface area contributed by atoms with E-state index in [0.717, 1.165) is 12.1 Å². The van der Waals surface area contributed by atoms with E-state index in [1.165, 1.54) is 18.2 Å². The van der Waals surface area contributed by atoms with Crippen molar-refractivity contribution in [2.75, 3.05) is 0 Å². The molecule has 106 valence electrons. The molecule has 0 bridgehead atoms. The standard InChI is InChI=1S/C15H13F4N/c1-9-5-6-11(8-13(9)16)14(20)10-3-2-4-12(7-10)15(17,18)19/h2-8,14H,20H2,1H3. The summed E-state index contributed by atoms with van der Waals surface area (Å²) in [7, 11) is 0. The Balaban J connectivity index is 2.38. The van der Waals surface area contributed by atoms with Gasteiger partial charge in [-0.3, -0.25) is 0 Å². The van der Waals surface area contributed by atoms with E-state index in [0.29, 0.717) is 16.7 Å². The van der Waals surface area contributed by atoms with Crippen LogP contribution in [0, 0.1) is 12.7 Å². The second kappa shape index (κ2) is 5.25. The summed E-state index contributed by atoms with van der Waals surface area (Å²) in [6, 6.07) is 8.38. The average Bonchev–Trinajstić information content (AvgIpc) is 2.40. The minimum absolute atomic E-state index is 0.295. The Morgan fingerprint density at radius 1 is 1.00 bits per heavy atom. The molecule has 2 aromatic carbocycles. The molecule has 1 nitrogen and oxygen atoms in total. The molecule has 0 aliphatic heterocycles. The number of hydrogen-bond donors (Lipinski definition) is 1. The van der Waals surface area contributed by atoms with Crippen molar-refractivity contribution in [1.82, 2.24) is 0 Å². The van der Waals surface area contributed by atoms with E-state index >= 15 is 0 Å². The molecule has 2 N–H and O–H groups in total. The van der Waals surface area contributed by atoms with E-state index in [1.807, 2.05) is 0 Å². The van der Waals surface area contributed by atoms with Gasteiger partial charge in [-0.15, -0.1) is 0 Å². The van der Waals surface area contributed by atoms with E-state index in [2.05, 4.69) is 0 Å². The minimum atomic E-state index is -4.42. The number of nitrogens with two attached hydrogens (primary N) is 1. The van der Waals surface area contributed by atoms with Crippen LogP contribution < -0.4 is 5.73 Å². The molecule has 0 aliphatic carbocycles. The number of benzene rings is 2. The van der Waals surface area contributed by atoms with E-state index in [9.17, 15) is 17.6 Å². The molecule has 0 aromatic heterocycles. The summed E-state index contributed by atoms with van der Waals surface area (Å²) in [4.78, 5) is 0. The van der Waals surface area contributed by atoms with Crippen LogP contribution in [0.5, 0.6) is 0 Å². The van der Waals surface area contributed by atoms with Crippen LogP contribution in [0.25, 0.3) is 0 Å². The average molecular weight is 283 g/mol. The van der Waals surface area contributed by atoms with Gasteiger partial charge in [0, 0.05) is 0 Å². The highest BCUT2D eigenvalue weighted by atomic mass is 19.4. The van der Waals surface area contributed by atoms with Crippen molar-refractivity contribution in [2.45, 2.75) is 19.1 Å². The molecule has 2 aromatic rings. The lowest BCUT2D eigenvalue weighted by Crippen LogP contribution is -2.14. The summed E-state index contributed by atoms with van der Waals surface area (Å²) in [5.41, 5.74) is 6.34. The van der Waals surface area contributed by atoms with Gasteiger partial charge < -0.3 is 5.73 Å². The van der Waals surface area contributed by atoms with Crippen LogP contribution in [0.3, 0.4) is 0 Å². The third kappa shape index (κ3) is 2.99. The zero-order valence-corrected chi connectivity index (χ0v) is 10.7. The zero-order valence-electron chi connectivity index (χ0n) is 10.7. The maximum Gasteiger partial charge on any atom is 0.416 e. The number of halogens is 4. The normalized spacial score (nSPS) is 13.3. The SMILES string of the molecule is Cc1ccc(C(N)c2cccc(C(F)(F)F)c2)cc1F. The molecule has 0 spiro atoms. The van der Waals surface area contributed by atoms with Gasteiger partial charge in [-0.05, 0) is 41.8 Å². The molecule has 0 heterocycles. The van der Waals surface area contributed by atoms with Gasteiger partial charge in [0.2, 0.25) is 0 Å². The molecular formula is C15H13F4N. The van der Waals surface area contributed by atoms with Crippen LogP contribution in [0.2, 0.25) is 0 Å². The molecule has 1 unspecified atom stereocenters. The van der Waals surface area contributed by atoms with E-state index in [-0.39, 0.29) is 0 Å². The molecule has 0 radical (unpaired) electrons. The largest absolute Gasteiger partial charge is 0.416 e. The molecule has 0 saturated heterocycles. The third-order valence-electron chi connectivity index (χ3n) is 3.13. The van der Waals surface area contributed by atoms with E-state index in [1.54, 1.807) is 19.1 Å². The van der Waals surface area contributed by atoms with Crippen molar-refractivity contribution in [3.63, 3.8) is 0 Å². The van der Waals surface area contributed by atoms with E-state index < -0.39 is 23.6 Å². The van der Waals surface area contributed by atoms with Crippen molar-refractivity contribution in [3.05, 3.63) is 70.5 Å². The Labute approximate surface area is 114 Å². The van der Waals surface area contributed by atoms with Gasteiger partial charge in [0.1, 0.15) is 5.82 Å². The number of alkyl halides is 3. The highest BCUT2D eigenvalue weighted by molar-refractivity contribution is 5.36. The monoisotopic (exact) mass is 283 g/mol. The molecule has 1 atom stereocenters. The number of aryl methyl sites for hydroxylation is 1. The Kier molecular flexibility index (Phi) is 3.81. The molecule has 0 fully saturated rings. The number of hydrogen-bond acceptors (Lipinski definition) is 1. The molecular weight excluding hydrogens is 270 g/mol. The van der Waals surface area contributed by atoms with Gasteiger partial charge in [0.05, 0.1) is 11.6 Å². The fourth-order valence-corrected chi connectivity index (χ4v) is 1.90. The maximum atomic E-state index is 13.5. The van der Waals surface area contributed by atoms with Crippen molar-refractivity contribution in [2.24, 2.45) is 5.73 Å². The predicted octanol–water partition coefficient (Wildman–Crippen LogP) is 4.20. The van der Waals surface area contributed by atoms with Gasteiger partial charge in [0.15, 0.2) is 0 Å². The van der Waals surface area contributed by atoms with Crippen LogP contribution in [0.15, 0.2) is 42.5 Å². The second-order valence-corrected chi connectivity index (χ2v) is 4.61. The summed E-state index contributed by atoms with van der Waals surface area (Å²) >= 11 is 0. The Morgan fingerprint density at radius 2 is 1.65 bits per heavy atom. The van der Waals surface area contributed by atoms with Gasteiger partial charge in [0.25, 0.3) is 0 Å². The molecule has 20 heavy (non-hydrogen) atoms. The van der Waals surface area contributed by atoms with Crippen LogP contribution in [0.4, 0.5) is 17.6 Å². The molecule has 0 amide bonds. The van der Waals surface area contributed by atoms with Gasteiger partial charge in [-0.1, -0.05) is 24.3 Å². The van der Waals surface area contributed by atoms with Crippen molar-refractivity contribution >= 4 is 0 Å². The smallest absolute Gasteiger partial charge is 0.320 e. The molecule has 0 saturated carbocycles. The first-order chi connectivity index (χ1) is 9.29. The number of rotatable bonds is 2. The first-order valence-electron chi connectivity index (χ1n) is 5.98. The Hall–Kier alpha value is -1.88. The van der Waals surface area contributed by atoms with Crippen LogP contribution in [-0.2, 0) is 6.18 Å². The fraction of sp³-hybridized carbons (Fsp3) is 0.200. The van der Waals surface area contributed by atoms with Crippen LogP contribution in [0.1, 0.15) is 28.3 Å². The summed E-state index contributed by atoms with van der Waals surface area (Å²) in [5.74, 6) is -0.426. The lowest BCUT2D eigenvalue weighted by molar-refractivity contribution is -0.137. The first kappa shape index (κ1) is 14.5. The Bertz CT molecular complexity index is 620. The first-order valence-corrected chi connectivity index (χ1v) is 5.98. The maximum absolute atomic E-state index is 13.5. The zero-order chi connectivity index (χ0) is 14.9. The quantitative estimate of drug-likeness (QED) is 0.821. The lowest BCUT2D eigenvalue weighted by Gasteiger charge is -2.15. The topological polar surface area (TPSA) is 26.0 Å². The van der Waals surface area contributed by atoms with Crippen molar-refractivity contribution < 1.29 is 17.6 Å². The summed E-state index contributed by atoms with van der Waals surface area (Å²) < 4.78 is 51.4. The van der Waals surface area contributed by atoms with Gasteiger partial charge in [-0.2, -0.15) is 13.2 Å². The van der Waals surface area contributed by atoms with Gasteiger partial charge >= 0.3 is 6.18 Å². The summed E-state index contributed by atoms with van der Waals surface area (Å²) in [5, 5.41) is 0. The van der Waals surface area contributed by atoms with Gasteiger partial charge in [-0.25, -0.2) is 4.39 Å². The van der Waals surface area contributed by atoms with Crippen LogP contribution in [-0.4, -0.2) is 0 Å². The third-order valence-corrected chi connectivity index (χ3v) is 3.13. The van der Waals surface area contributed by atoms with E-state index in [4.69, 9.17) is 5.73 Å². The lowest BCUT2D eigenvalue weighted by atomic mass is 9.97. The van der Waals surface area contributed by atoms with Crippen molar-refractivity contribution in [3.8, 4) is 0 Å². The highest BCUT2D eigenvalue weighted by Gasteiger charge is 2.30. The fourth-order valence-electron chi connectivity index (χ4n) is 1.90. The minimum Gasteiger partial charge on any atom is -0.320 e.